The summed E-state index contributed by atoms with van der Waals surface area (Å²) in [6.07, 6.45) is 3.71. The first kappa shape index (κ1) is 17.6. The number of hydrogen-bond acceptors (Lipinski definition) is 1. The van der Waals surface area contributed by atoms with Crippen LogP contribution in [0.4, 0.5) is 0 Å². The molecular weight excluding hydrogens is 360 g/mol. The highest BCUT2D eigenvalue weighted by Gasteiger charge is 2.24. The lowest BCUT2D eigenvalue weighted by Gasteiger charge is -2.20. The number of para-hydroxylation sites is 3. The second-order valence-electron chi connectivity index (χ2n) is 8.06. The number of benzene rings is 3. The zero-order valence-corrected chi connectivity index (χ0v) is 17.5. The number of nitrogens with zero attached hydrogens (tertiary/aromatic N) is 2. The molecule has 1 aromatic heterocycles. The smallest absolute Gasteiger partial charge is 0.269 e. The molecule has 0 saturated carbocycles. The maximum Gasteiger partial charge on any atom is 0.269 e. The highest BCUT2D eigenvalue weighted by molar-refractivity contribution is 7.99. The van der Waals surface area contributed by atoms with Crippen LogP contribution >= 0.6 is 11.8 Å². The lowest BCUT2D eigenvalue weighted by molar-refractivity contribution is -0.577. The highest BCUT2D eigenvalue weighted by atomic mass is 32.2. The Balaban J connectivity index is 1.89. The lowest BCUT2D eigenvalue weighted by Crippen LogP contribution is -2.32. The molecular formula is C25H24N2S. The van der Waals surface area contributed by atoms with Crippen molar-refractivity contribution in [3.8, 4) is 11.4 Å². The third-order valence-corrected chi connectivity index (χ3v) is 6.65. The van der Waals surface area contributed by atoms with E-state index in [1.54, 1.807) is 0 Å². The Morgan fingerprint density at radius 1 is 0.786 bits per heavy atom. The first-order chi connectivity index (χ1) is 13.6. The summed E-state index contributed by atoms with van der Waals surface area (Å²) in [5.41, 5.74) is 7.71. The fraction of sp³-hybridized carbons (Fsp3) is 0.240. The van der Waals surface area contributed by atoms with Gasteiger partial charge in [-0.25, -0.2) is 0 Å². The van der Waals surface area contributed by atoms with Gasteiger partial charge in [-0.05, 0) is 29.0 Å². The summed E-state index contributed by atoms with van der Waals surface area (Å²) in [7, 11) is 0. The molecule has 0 N–H and O–H groups in total. The molecule has 140 valence electrons. The SMILES string of the molecule is CC(C)c1cccc(C(C)C)c1-n1[c-][n+]2c3c(cccc31)Sc1ccccc1-2. The van der Waals surface area contributed by atoms with Crippen LogP contribution in [-0.4, -0.2) is 4.57 Å². The van der Waals surface area contributed by atoms with Crippen molar-refractivity contribution < 1.29 is 4.57 Å². The van der Waals surface area contributed by atoms with Crippen LogP contribution in [0.15, 0.2) is 70.5 Å². The van der Waals surface area contributed by atoms with Gasteiger partial charge in [-0.1, -0.05) is 94.1 Å². The molecule has 0 saturated heterocycles. The van der Waals surface area contributed by atoms with Gasteiger partial charge in [0.25, 0.3) is 6.33 Å². The Morgan fingerprint density at radius 3 is 2.14 bits per heavy atom. The van der Waals surface area contributed by atoms with Gasteiger partial charge < -0.3 is 0 Å². The second kappa shape index (κ2) is 6.52. The Labute approximate surface area is 170 Å². The molecule has 0 fully saturated rings. The minimum atomic E-state index is 0.447. The molecule has 1 aliphatic heterocycles. The molecule has 3 aromatic carbocycles. The van der Waals surface area contributed by atoms with Crippen LogP contribution in [0.3, 0.4) is 0 Å². The quantitative estimate of drug-likeness (QED) is 0.257. The van der Waals surface area contributed by atoms with E-state index in [1.165, 1.54) is 43.3 Å². The van der Waals surface area contributed by atoms with Crippen molar-refractivity contribution in [1.29, 1.82) is 0 Å². The van der Waals surface area contributed by atoms with E-state index in [1.807, 2.05) is 11.8 Å². The topological polar surface area (TPSA) is 8.81 Å². The van der Waals surface area contributed by atoms with Gasteiger partial charge in [-0.3, -0.25) is 9.13 Å². The Bertz CT molecular complexity index is 1170. The molecule has 5 rings (SSSR count). The van der Waals surface area contributed by atoms with Crippen LogP contribution in [0.25, 0.3) is 22.4 Å². The molecule has 3 heteroatoms. The predicted molar refractivity (Wildman–Crippen MR) is 116 cm³/mol. The molecule has 4 aromatic rings. The van der Waals surface area contributed by atoms with Crippen molar-refractivity contribution in [2.24, 2.45) is 0 Å². The molecule has 0 unspecified atom stereocenters. The fourth-order valence-corrected chi connectivity index (χ4v) is 5.25. The summed E-state index contributed by atoms with van der Waals surface area (Å²) in [4.78, 5) is 2.57. The van der Waals surface area contributed by atoms with E-state index in [2.05, 4.69) is 104 Å². The minimum Gasteiger partial charge on any atom is -0.291 e. The number of fused-ring (bicyclic) bond motifs is 2. The summed E-state index contributed by atoms with van der Waals surface area (Å²) in [5.74, 6) is 0.894. The van der Waals surface area contributed by atoms with Gasteiger partial charge in [-0.2, -0.15) is 0 Å². The lowest BCUT2D eigenvalue weighted by atomic mass is 9.92. The summed E-state index contributed by atoms with van der Waals surface area (Å²) >= 11 is 1.85. The van der Waals surface area contributed by atoms with Crippen molar-refractivity contribution >= 4 is 22.8 Å². The van der Waals surface area contributed by atoms with Gasteiger partial charge in [0.15, 0.2) is 0 Å². The number of aromatic nitrogens is 2. The second-order valence-corrected chi connectivity index (χ2v) is 9.14. The van der Waals surface area contributed by atoms with Gasteiger partial charge in [0, 0.05) is 9.79 Å². The first-order valence-corrected chi connectivity index (χ1v) is 10.8. The molecule has 0 amide bonds. The van der Waals surface area contributed by atoms with Crippen LogP contribution in [0.5, 0.6) is 0 Å². The first-order valence-electron chi connectivity index (χ1n) is 9.95. The number of hydrogen-bond donors (Lipinski definition) is 0. The molecule has 0 bridgehead atoms. The highest BCUT2D eigenvalue weighted by Crippen LogP contribution is 2.40. The van der Waals surface area contributed by atoms with E-state index in [0.717, 1.165) is 0 Å². The zero-order chi connectivity index (χ0) is 19.4. The summed E-state index contributed by atoms with van der Waals surface area (Å²) < 4.78 is 4.55. The molecule has 1 aliphatic rings. The standard InChI is InChI=1S/C25H24N2S/c1-16(2)18-9-7-10-19(17(3)4)24(18)27-15-26-20-11-5-6-13-22(20)28-23-14-8-12-21(27)25(23)26/h5-14,16-17H,1-4H3. The molecule has 2 heterocycles. The number of imidazole rings is 1. The third kappa shape index (κ3) is 2.53. The Hall–Kier alpha value is -2.52. The van der Waals surface area contributed by atoms with Gasteiger partial charge in [0.2, 0.25) is 0 Å². The maximum absolute atomic E-state index is 3.71. The Morgan fingerprint density at radius 2 is 1.43 bits per heavy atom. The van der Waals surface area contributed by atoms with Crippen molar-refractivity contribution in [3.63, 3.8) is 0 Å². The van der Waals surface area contributed by atoms with Crippen molar-refractivity contribution in [2.75, 3.05) is 0 Å². The molecule has 0 atom stereocenters. The van der Waals surface area contributed by atoms with Gasteiger partial charge in [0.1, 0.15) is 0 Å². The van der Waals surface area contributed by atoms with E-state index in [0.29, 0.717) is 11.8 Å². The summed E-state index contributed by atoms with van der Waals surface area (Å²) in [6.45, 7) is 9.10. The Kier molecular flexibility index (Phi) is 4.09. The molecule has 0 spiro atoms. The van der Waals surface area contributed by atoms with Gasteiger partial charge in [0.05, 0.1) is 22.4 Å². The average molecular weight is 385 g/mol. The van der Waals surface area contributed by atoms with Crippen LogP contribution in [0, 0.1) is 6.33 Å². The van der Waals surface area contributed by atoms with Crippen LogP contribution in [0.2, 0.25) is 0 Å². The van der Waals surface area contributed by atoms with Crippen LogP contribution < -0.4 is 4.57 Å². The van der Waals surface area contributed by atoms with Gasteiger partial charge in [-0.15, -0.1) is 0 Å². The van der Waals surface area contributed by atoms with Crippen molar-refractivity contribution in [3.05, 3.63) is 78.1 Å². The van der Waals surface area contributed by atoms with Crippen LogP contribution in [0.1, 0.15) is 50.7 Å². The molecule has 2 nitrogen and oxygen atoms in total. The summed E-state index contributed by atoms with van der Waals surface area (Å²) in [6, 6.07) is 21.9. The maximum atomic E-state index is 3.71. The van der Waals surface area contributed by atoms with Crippen LogP contribution in [-0.2, 0) is 0 Å². The van der Waals surface area contributed by atoms with E-state index in [-0.39, 0.29) is 0 Å². The number of rotatable bonds is 3. The molecule has 0 radical (unpaired) electrons. The van der Waals surface area contributed by atoms with Crippen molar-refractivity contribution in [1.82, 2.24) is 4.57 Å². The van der Waals surface area contributed by atoms with E-state index in [4.69, 9.17) is 0 Å². The van der Waals surface area contributed by atoms with E-state index in [9.17, 15) is 0 Å². The van der Waals surface area contributed by atoms with Gasteiger partial charge >= 0.3 is 0 Å². The molecule has 28 heavy (non-hydrogen) atoms. The monoisotopic (exact) mass is 384 g/mol. The summed E-state index contributed by atoms with van der Waals surface area (Å²) in [5, 5.41) is 0. The largest absolute Gasteiger partial charge is 0.291 e. The van der Waals surface area contributed by atoms with Crippen molar-refractivity contribution in [2.45, 2.75) is 49.3 Å². The average Bonchev–Trinajstić information content (AvgIpc) is 3.08. The zero-order valence-electron chi connectivity index (χ0n) is 16.7. The predicted octanol–water partition coefficient (Wildman–Crippen LogP) is 6.42. The fourth-order valence-electron chi connectivity index (χ4n) is 4.16. The van der Waals surface area contributed by atoms with E-state index >= 15 is 0 Å². The minimum absolute atomic E-state index is 0.447. The third-order valence-electron chi connectivity index (χ3n) is 5.53. The molecule has 0 aliphatic carbocycles. The normalized spacial score (nSPS) is 12.8. The van der Waals surface area contributed by atoms with E-state index < -0.39 is 0 Å².